The topological polar surface area (TPSA) is 74.8 Å². The van der Waals surface area contributed by atoms with Crippen molar-refractivity contribution in [2.24, 2.45) is 0 Å². The summed E-state index contributed by atoms with van der Waals surface area (Å²) in [6, 6.07) is 2.74. The number of carbonyl (C=O) groups is 4. The second-order valence-corrected chi connectivity index (χ2v) is 5.75. The van der Waals surface area contributed by atoms with Crippen LogP contribution in [-0.2, 0) is 9.59 Å². The quantitative estimate of drug-likeness (QED) is 0.468. The van der Waals surface area contributed by atoms with Crippen LogP contribution in [0.15, 0.2) is 12.1 Å². The summed E-state index contributed by atoms with van der Waals surface area (Å²) in [5.74, 6) is -2.12. The monoisotopic (exact) mass is 294 g/mol. The van der Waals surface area contributed by atoms with Crippen LogP contribution in [0.25, 0.3) is 0 Å². The number of ketones is 1. The van der Waals surface area contributed by atoms with Gasteiger partial charge in [-0.1, -0.05) is 6.92 Å². The smallest absolute Gasteiger partial charge is 0.291 e. The lowest BCUT2D eigenvalue weighted by Crippen LogP contribution is -2.37. The number of imide groups is 2. The van der Waals surface area contributed by atoms with Gasteiger partial charge in [0.15, 0.2) is 5.78 Å². The second-order valence-electron chi connectivity index (χ2n) is 4.46. The molecule has 0 atom stereocenters. The van der Waals surface area contributed by atoms with E-state index < -0.39 is 17.8 Å². The van der Waals surface area contributed by atoms with Crippen molar-refractivity contribution < 1.29 is 19.2 Å². The summed E-state index contributed by atoms with van der Waals surface area (Å²) >= 11 is 1.30. The number of thiophene rings is 1. The van der Waals surface area contributed by atoms with Gasteiger partial charge in [0.1, 0.15) is 0 Å². The fraction of sp³-hybridized carbons (Fsp3) is 0.385. The lowest BCUT2D eigenvalue weighted by Gasteiger charge is -2.13. The molecule has 1 aliphatic rings. The van der Waals surface area contributed by atoms with Crippen LogP contribution in [0, 0.1) is 6.92 Å². The lowest BCUT2D eigenvalue weighted by atomic mass is 10.3. The van der Waals surface area contributed by atoms with Gasteiger partial charge in [-0.25, -0.2) is 9.69 Å². The number of aryl methyl sites for hydroxylation is 1. The molecule has 1 saturated heterocycles. The van der Waals surface area contributed by atoms with E-state index in [1.807, 2.05) is 6.92 Å². The molecule has 0 saturated carbocycles. The second kappa shape index (κ2) is 5.54. The van der Waals surface area contributed by atoms with Gasteiger partial charge in [-0.3, -0.25) is 19.3 Å². The van der Waals surface area contributed by atoms with Crippen molar-refractivity contribution in [3.63, 3.8) is 0 Å². The highest BCUT2D eigenvalue weighted by Crippen LogP contribution is 2.18. The Morgan fingerprint density at radius 3 is 2.35 bits per heavy atom. The zero-order valence-electron chi connectivity index (χ0n) is 11.2. The van der Waals surface area contributed by atoms with Crippen molar-refractivity contribution in [1.29, 1.82) is 0 Å². The lowest BCUT2D eigenvalue weighted by molar-refractivity contribution is -0.143. The van der Waals surface area contributed by atoms with E-state index in [1.165, 1.54) is 11.3 Å². The van der Waals surface area contributed by atoms with E-state index in [4.69, 9.17) is 0 Å². The Morgan fingerprint density at radius 2 is 1.80 bits per heavy atom. The zero-order chi connectivity index (χ0) is 14.9. The van der Waals surface area contributed by atoms with Crippen LogP contribution < -0.4 is 0 Å². The van der Waals surface area contributed by atoms with Gasteiger partial charge >= 0.3 is 17.8 Å². The Labute approximate surface area is 120 Å². The van der Waals surface area contributed by atoms with Crippen LogP contribution in [-0.4, -0.2) is 46.5 Å². The van der Waals surface area contributed by atoms with Crippen LogP contribution in [0.5, 0.6) is 0 Å². The average Bonchev–Trinajstić information content (AvgIpc) is 2.92. The number of Topliss-reactive ketones (excluding diaryl/α,β-unsaturated/α-hetero) is 1. The molecular formula is C13H14N2O4S. The number of nitrogens with zero attached hydrogens (tertiary/aromatic N) is 2. The van der Waals surface area contributed by atoms with E-state index in [9.17, 15) is 19.2 Å². The molecule has 1 fully saturated rings. The fourth-order valence-corrected chi connectivity index (χ4v) is 2.71. The Balaban J connectivity index is 2.13. The van der Waals surface area contributed by atoms with Gasteiger partial charge in [0.2, 0.25) is 0 Å². The summed E-state index contributed by atoms with van der Waals surface area (Å²) in [7, 11) is 0. The van der Waals surface area contributed by atoms with Crippen molar-refractivity contribution >= 4 is 35.0 Å². The Bertz CT molecular complexity index is 593. The molecule has 0 radical (unpaired) electrons. The first-order valence-corrected chi connectivity index (χ1v) is 7.04. The number of rotatable bonds is 5. The highest BCUT2D eigenvalue weighted by molar-refractivity contribution is 7.14. The average molecular weight is 294 g/mol. The summed E-state index contributed by atoms with van der Waals surface area (Å²) in [5.41, 5.74) is 0. The van der Waals surface area contributed by atoms with Crippen molar-refractivity contribution in [2.45, 2.75) is 20.3 Å². The maximum Gasteiger partial charge on any atom is 0.334 e. The number of hydrogen-bond donors (Lipinski definition) is 0. The number of amides is 4. The third-order valence-corrected chi connectivity index (χ3v) is 3.94. The maximum atomic E-state index is 12.0. The van der Waals surface area contributed by atoms with Gasteiger partial charge in [-0.05, 0) is 25.5 Å². The van der Waals surface area contributed by atoms with E-state index in [-0.39, 0.29) is 18.9 Å². The summed E-state index contributed by atoms with van der Waals surface area (Å²) < 4.78 is 0. The van der Waals surface area contributed by atoms with Gasteiger partial charge in [-0.15, -0.1) is 11.3 Å². The van der Waals surface area contributed by atoms with Gasteiger partial charge in [0, 0.05) is 11.4 Å². The predicted octanol–water partition coefficient (Wildman–Crippen LogP) is 1.44. The Morgan fingerprint density at radius 1 is 1.15 bits per heavy atom. The van der Waals surface area contributed by atoms with E-state index in [0.29, 0.717) is 11.3 Å². The van der Waals surface area contributed by atoms with Crippen molar-refractivity contribution in [3.8, 4) is 0 Å². The molecule has 4 amide bonds. The highest BCUT2D eigenvalue weighted by atomic mass is 32.1. The number of hydrogen-bond acceptors (Lipinski definition) is 5. The molecule has 7 heteroatoms. The van der Waals surface area contributed by atoms with Gasteiger partial charge in [-0.2, -0.15) is 0 Å². The van der Waals surface area contributed by atoms with Crippen LogP contribution in [0.1, 0.15) is 27.9 Å². The molecule has 2 heterocycles. The molecule has 106 valence electrons. The number of urea groups is 1. The van der Waals surface area contributed by atoms with Crippen molar-refractivity contribution in [2.75, 3.05) is 13.1 Å². The summed E-state index contributed by atoms with van der Waals surface area (Å²) in [4.78, 5) is 50.4. The van der Waals surface area contributed by atoms with Crippen LogP contribution in [0.3, 0.4) is 0 Å². The summed E-state index contributed by atoms with van der Waals surface area (Å²) in [6.45, 7) is 3.46. The molecule has 0 bridgehead atoms. The molecule has 0 N–H and O–H groups in total. The van der Waals surface area contributed by atoms with Gasteiger partial charge in [0.25, 0.3) is 0 Å². The van der Waals surface area contributed by atoms with Crippen LogP contribution in [0.2, 0.25) is 0 Å². The standard InChI is InChI=1S/C13H14N2O4S/c1-3-6-14-11(17)12(18)15(13(14)19)7-9(16)10-5-4-8(2)20-10/h4-5H,3,6-7H2,1-2H3. The number of carbonyl (C=O) groups excluding carboxylic acids is 4. The minimum atomic E-state index is -0.926. The van der Waals surface area contributed by atoms with Gasteiger partial charge in [0.05, 0.1) is 11.4 Å². The van der Waals surface area contributed by atoms with E-state index >= 15 is 0 Å². The SMILES string of the molecule is CCCN1C(=O)C(=O)N(CC(=O)c2ccc(C)s2)C1=O. The molecule has 0 spiro atoms. The third-order valence-electron chi connectivity index (χ3n) is 2.90. The Kier molecular flexibility index (Phi) is 3.99. The molecule has 6 nitrogen and oxygen atoms in total. The minimum Gasteiger partial charge on any atom is -0.291 e. The molecule has 20 heavy (non-hydrogen) atoms. The molecule has 1 aromatic heterocycles. The van der Waals surface area contributed by atoms with E-state index in [2.05, 4.69) is 0 Å². The van der Waals surface area contributed by atoms with Gasteiger partial charge < -0.3 is 0 Å². The normalized spacial score (nSPS) is 15.4. The molecule has 0 aliphatic carbocycles. The molecule has 1 aliphatic heterocycles. The Hall–Kier alpha value is -2.02. The molecule has 0 aromatic carbocycles. The molecular weight excluding hydrogens is 280 g/mol. The zero-order valence-corrected chi connectivity index (χ0v) is 12.0. The van der Waals surface area contributed by atoms with Crippen molar-refractivity contribution in [3.05, 3.63) is 21.9 Å². The van der Waals surface area contributed by atoms with E-state index in [0.717, 1.165) is 14.7 Å². The molecule has 0 unspecified atom stereocenters. The van der Waals surface area contributed by atoms with Crippen LogP contribution >= 0.6 is 11.3 Å². The third kappa shape index (κ3) is 2.49. The fourth-order valence-electron chi connectivity index (χ4n) is 1.92. The van der Waals surface area contributed by atoms with Crippen LogP contribution in [0.4, 0.5) is 4.79 Å². The first-order chi connectivity index (χ1) is 9.45. The highest BCUT2D eigenvalue weighted by Gasteiger charge is 2.44. The largest absolute Gasteiger partial charge is 0.334 e. The first kappa shape index (κ1) is 14.4. The molecule has 2 rings (SSSR count). The minimum absolute atomic E-state index is 0.187. The van der Waals surface area contributed by atoms with E-state index in [1.54, 1.807) is 19.1 Å². The van der Waals surface area contributed by atoms with Crippen molar-refractivity contribution in [1.82, 2.24) is 9.80 Å². The predicted molar refractivity (Wildman–Crippen MR) is 72.5 cm³/mol. The summed E-state index contributed by atoms with van der Waals surface area (Å²) in [6.07, 6.45) is 0.566. The first-order valence-electron chi connectivity index (χ1n) is 6.22. The molecule has 1 aromatic rings. The maximum absolute atomic E-state index is 12.0. The summed E-state index contributed by atoms with van der Waals surface area (Å²) in [5, 5.41) is 0.